The summed E-state index contributed by atoms with van der Waals surface area (Å²) >= 11 is 0. The first kappa shape index (κ1) is 16.7. The summed E-state index contributed by atoms with van der Waals surface area (Å²) in [7, 11) is 0. The van der Waals surface area contributed by atoms with E-state index in [0.29, 0.717) is 16.7 Å². The Morgan fingerprint density at radius 3 is 2.25 bits per heavy atom. The van der Waals surface area contributed by atoms with Gasteiger partial charge in [0, 0.05) is 16.8 Å². The van der Waals surface area contributed by atoms with Crippen molar-refractivity contribution >= 4 is 55.2 Å². The van der Waals surface area contributed by atoms with Crippen molar-refractivity contribution in [3.63, 3.8) is 0 Å². The third-order valence-electron chi connectivity index (χ3n) is 2.82. The van der Waals surface area contributed by atoms with Crippen LogP contribution in [0.5, 0.6) is 0 Å². The number of carbonyl (C=O) groups excluding carboxylic acids is 1. The fourth-order valence-electron chi connectivity index (χ4n) is 1.87. The normalized spacial score (nSPS) is 9.60. The quantitative estimate of drug-likeness (QED) is 0.505. The van der Waals surface area contributed by atoms with E-state index in [0.717, 1.165) is 0 Å². The molecule has 0 aliphatic carbocycles. The number of hydrogen-bond acceptors (Lipinski definition) is 3. The van der Waals surface area contributed by atoms with Crippen LogP contribution in [0, 0.1) is 0 Å². The summed E-state index contributed by atoms with van der Waals surface area (Å²) in [6.45, 7) is 0. The monoisotopic (exact) mass is 297 g/mol. The Morgan fingerprint density at radius 2 is 1.65 bits per heavy atom. The number of benzene rings is 2. The summed E-state index contributed by atoms with van der Waals surface area (Å²) in [5.74, 6) is -1.18. The van der Waals surface area contributed by atoms with Gasteiger partial charge in [-0.15, -0.1) is 0 Å². The molecule has 2 rings (SSSR count). The van der Waals surface area contributed by atoms with E-state index in [1.165, 1.54) is 0 Å². The van der Waals surface area contributed by atoms with Crippen LogP contribution in [0.4, 0.5) is 5.69 Å². The van der Waals surface area contributed by atoms with Crippen molar-refractivity contribution in [3.05, 3.63) is 65.2 Å². The Hall–Kier alpha value is -1.36. The molecule has 0 radical (unpaired) electrons. The number of para-hydroxylation sites is 1. The summed E-state index contributed by atoms with van der Waals surface area (Å²) in [4.78, 5) is 23.0. The third kappa shape index (κ3) is 3.82. The van der Waals surface area contributed by atoms with Gasteiger partial charge in [0.15, 0.2) is 5.78 Å². The second-order valence-electron chi connectivity index (χ2n) is 4.14. The fourth-order valence-corrected chi connectivity index (χ4v) is 1.87. The molecule has 0 fully saturated rings. The molecule has 0 aromatic heterocycles. The molecule has 0 bridgehead atoms. The van der Waals surface area contributed by atoms with Crippen molar-refractivity contribution in [2.45, 2.75) is 6.42 Å². The maximum absolute atomic E-state index is 12.3. The predicted molar refractivity (Wildman–Crippen MR) is 80.6 cm³/mol. The van der Waals surface area contributed by atoms with E-state index in [1.807, 2.05) is 6.07 Å². The molecule has 2 aromatic rings. The topological polar surface area (TPSA) is 80.4 Å². The van der Waals surface area contributed by atoms with E-state index in [9.17, 15) is 9.59 Å². The van der Waals surface area contributed by atoms with Crippen LogP contribution < -0.4 is 5.73 Å². The van der Waals surface area contributed by atoms with Crippen molar-refractivity contribution in [3.8, 4) is 0 Å². The van der Waals surface area contributed by atoms with Crippen molar-refractivity contribution in [1.82, 2.24) is 0 Å². The number of nitrogens with two attached hydrogens (primary N) is 1. The average Bonchev–Trinajstić information content (AvgIpc) is 2.41. The number of rotatable bonds is 4. The Morgan fingerprint density at radius 1 is 1.00 bits per heavy atom. The molecule has 3 N–H and O–H groups in total. The van der Waals surface area contributed by atoms with Crippen LogP contribution in [0.25, 0.3) is 0 Å². The number of nitrogen functional groups attached to an aromatic ring is 1. The Labute approximate surface area is 146 Å². The number of anilines is 1. The minimum atomic E-state index is -0.976. The predicted octanol–water partition coefficient (Wildman–Crippen LogP) is 1.21. The SMILES string of the molecule is Nc1c(CC(=O)O)cccc1C(=O)c1ccccc1.[CaH2]. The van der Waals surface area contributed by atoms with Gasteiger partial charge in [-0.25, -0.2) is 0 Å². The van der Waals surface area contributed by atoms with E-state index in [-0.39, 0.29) is 55.6 Å². The summed E-state index contributed by atoms with van der Waals surface area (Å²) in [6, 6.07) is 13.6. The van der Waals surface area contributed by atoms with Crippen LogP contribution in [-0.2, 0) is 11.2 Å². The first-order valence-electron chi connectivity index (χ1n) is 5.78. The molecule has 5 heteroatoms. The molecule has 100 valence electrons. The summed E-state index contributed by atoms with van der Waals surface area (Å²) < 4.78 is 0. The summed E-state index contributed by atoms with van der Waals surface area (Å²) in [5.41, 5.74) is 7.44. The molecule has 0 aliphatic rings. The molecule has 20 heavy (non-hydrogen) atoms. The molecule has 4 nitrogen and oxygen atoms in total. The molecular weight excluding hydrogens is 282 g/mol. The van der Waals surface area contributed by atoms with Crippen molar-refractivity contribution < 1.29 is 14.7 Å². The van der Waals surface area contributed by atoms with E-state index < -0.39 is 5.97 Å². The Kier molecular flexibility index (Phi) is 6.20. The summed E-state index contributed by atoms with van der Waals surface area (Å²) in [6.07, 6.45) is -0.193. The molecular formula is C15H15CaNO3. The van der Waals surface area contributed by atoms with Crippen LogP contribution >= 0.6 is 0 Å². The van der Waals surface area contributed by atoms with Crippen LogP contribution in [-0.4, -0.2) is 54.6 Å². The number of carboxylic acid groups (broad SMARTS) is 1. The Bertz CT molecular complexity index is 626. The number of aliphatic carboxylic acids is 1. The van der Waals surface area contributed by atoms with Crippen LogP contribution in [0.3, 0.4) is 0 Å². The van der Waals surface area contributed by atoms with E-state index in [2.05, 4.69) is 0 Å². The standard InChI is InChI=1S/C15H13NO3.Ca.2H/c16-14-11(9-13(17)18)7-4-8-12(14)15(19)10-5-2-1-3-6-10;;;/h1-8H,9,16H2,(H,17,18);;;. The molecule has 0 spiro atoms. The molecule has 0 saturated carbocycles. The first-order valence-corrected chi connectivity index (χ1v) is 5.78. The zero-order chi connectivity index (χ0) is 13.8. The van der Waals surface area contributed by atoms with Gasteiger partial charge >= 0.3 is 43.7 Å². The molecule has 0 heterocycles. The van der Waals surface area contributed by atoms with Gasteiger partial charge in [-0.1, -0.05) is 42.5 Å². The van der Waals surface area contributed by atoms with Gasteiger partial charge in [-0.3, -0.25) is 9.59 Å². The van der Waals surface area contributed by atoms with Crippen molar-refractivity contribution in [1.29, 1.82) is 0 Å². The first-order chi connectivity index (χ1) is 9.09. The van der Waals surface area contributed by atoms with Gasteiger partial charge in [-0.05, 0) is 11.6 Å². The van der Waals surface area contributed by atoms with Crippen LogP contribution in [0.2, 0.25) is 0 Å². The number of carbonyl (C=O) groups is 2. The van der Waals surface area contributed by atoms with E-state index >= 15 is 0 Å². The van der Waals surface area contributed by atoms with Gasteiger partial charge in [-0.2, -0.15) is 0 Å². The van der Waals surface area contributed by atoms with Crippen LogP contribution in [0.1, 0.15) is 21.5 Å². The molecule has 2 aromatic carbocycles. The van der Waals surface area contributed by atoms with Crippen LogP contribution in [0.15, 0.2) is 48.5 Å². The second-order valence-corrected chi connectivity index (χ2v) is 4.14. The molecule has 0 saturated heterocycles. The van der Waals surface area contributed by atoms with Gasteiger partial charge in [0.2, 0.25) is 0 Å². The van der Waals surface area contributed by atoms with Gasteiger partial charge < -0.3 is 10.8 Å². The van der Waals surface area contributed by atoms with E-state index in [1.54, 1.807) is 42.5 Å². The Balaban J connectivity index is 0.00000200. The minimum absolute atomic E-state index is 0. The maximum atomic E-state index is 12.3. The second kappa shape index (κ2) is 7.43. The van der Waals surface area contributed by atoms with Crippen molar-refractivity contribution in [2.24, 2.45) is 0 Å². The van der Waals surface area contributed by atoms with Gasteiger partial charge in [0.25, 0.3) is 0 Å². The number of ketones is 1. The molecule has 0 unspecified atom stereocenters. The molecule has 0 amide bonds. The van der Waals surface area contributed by atoms with Gasteiger partial charge in [0.1, 0.15) is 0 Å². The summed E-state index contributed by atoms with van der Waals surface area (Å²) in [5, 5.41) is 8.80. The van der Waals surface area contributed by atoms with E-state index in [4.69, 9.17) is 10.8 Å². The molecule has 0 aliphatic heterocycles. The molecule has 0 atom stereocenters. The third-order valence-corrected chi connectivity index (χ3v) is 2.82. The van der Waals surface area contributed by atoms with Gasteiger partial charge in [0.05, 0.1) is 6.42 Å². The number of hydrogen-bond donors (Lipinski definition) is 2. The van der Waals surface area contributed by atoms with Crippen molar-refractivity contribution in [2.75, 3.05) is 5.73 Å². The fraction of sp³-hybridized carbons (Fsp3) is 0.0667. The zero-order valence-corrected chi connectivity index (χ0v) is 10.2. The average molecular weight is 297 g/mol. The number of carboxylic acids is 1. The zero-order valence-electron chi connectivity index (χ0n) is 10.2.